The van der Waals surface area contributed by atoms with Gasteiger partial charge in [0.05, 0.1) is 0 Å². The minimum Gasteiger partial charge on any atom is -0.508 e. The van der Waals surface area contributed by atoms with Crippen LogP contribution in [0.2, 0.25) is 0 Å². The van der Waals surface area contributed by atoms with Crippen LogP contribution < -0.4 is 21.7 Å². The number of phenols is 2. The molecule has 4 amide bonds. The number of carbonyl (C=O) groups is 4. The minimum absolute atomic E-state index is 0.0364. The van der Waals surface area contributed by atoms with Crippen LogP contribution in [0, 0.1) is 5.92 Å². The fourth-order valence-corrected chi connectivity index (χ4v) is 3.92. The molecule has 204 valence electrons. The summed E-state index contributed by atoms with van der Waals surface area (Å²) in [7, 11) is 0. The summed E-state index contributed by atoms with van der Waals surface area (Å²) in [5, 5.41) is 26.7. The van der Waals surface area contributed by atoms with Gasteiger partial charge in [-0.2, -0.15) is 0 Å². The number of rotatable bonds is 13. The molecule has 1 saturated heterocycles. The Labute approximate surface area is 220 Å². The standard InChI is InChI=1S/C27H34N4O7/c1-15(2)13-21(25(35)30-20(24(28)34)14-17-5-9-19(33)10-6-17)31-27(37)23-22(38-23)26(36)29-12-11-16-3-7-18(32)8-4-16/h3-10,15,20-23,32-33H,11-14H2,1-2H3,(H2,28,34)(H,29,36)(H,30,35)(H,31,37)/t20-,21-,22+,23+/m0/s1. The smallest absolute Gasteiger partial charge is 0.253 e. The lowest BCUT2D eigenvalue weighted by molar-refractivity contribution is -0.132. The summed E-state index contributed by atoms with van der Waals surface area (Å²) in [5.74, 6) is -2.09. The molecule has 2 aromatic rings. The highest BCUT2D eigenvalue weighted by Crippen LogP contribution is 2.23. The molecule has 1 aliphatic rings. The first kappa shape index (κ1) is 28.5. The molecule has 1 fully saturated rings. The van der Waals surface area contributed by atoms with E-state index in [2.05, 4.69) is 16.0 Å². The van der Waals surface area contributed by atoms with Crippen LogP contribution in [0.15, 0.2) is 48.5 Å². The van der Waals surface area contributed by atoms with Crippen molar-refractivity contribution >= 4 is 23.6 Å². The van der Waals surface area contributed by atoms with E-state index >= 15 is 0 Å². The first-order chi connectivity index (χ1) is 18.0. The topological polar surface area (TPSA) is 183 Å². The van der Waals surface area contributed by atoms with Gasteiger partial charge in [0.2, 0.25) is 11.8 Å². The Balaban J connectivity index is 1.52. The van der Waals surface area contributed by atoms with Gasteiger partial charge in [0.1, 0.15) is 23.6 Å². The number of phenolic OH excluding ortho intramolecular Hbond substituents is 2. The molecular formula is C27H34N4O7. The average Bonchev–Trinajstić information content (AvgIpc) is 3.66. The molecule has 11 nitrogen and oxygen atoms in total. The number of epoxide rings is 1. The summed E-state index contributed by atoms with van der Waals surface area (Å²) in [6.07, 6.45) is -1.03. The van der Waals surface area contributed by atoms with Crippen molar-refractivity contribution in [3.8, 4) is 11.5 Å². The van der Waals surface area contributed by atoms with E-state index < -0.39 is 47.9 Å². The predicted octanol–water partition coefficient (Wildman–Crippen LogP) is 0.268. The molecular weight excluding hydrogens is 492 g/mol. The van der Waals surface area contributed by atoms with Crippen molar-refractivity contribution in [2.75, 3.05) is 6.54 Å². The number of hydrogen-bond acceptors (Lipinski definition) is 7. The highest BCUT2D eigenvalue weighted by atomic mass is 16.6. The molecule has 0 aromatic heterocycles. The van der Waals surface area contributed by atoms with Gasteiger partial charge >= 0.3 is 0 Å². The lowest BCUT2D eigenvalue weighted by Crippen LogP contribution is -2.54. The highest BCUT2D eigenvalue weighted by molar-refractivity contribution is 5.97. The Morgan fingerprint density at radius 1 is 0.842 bits per heavy atom. The maximum absolute atomic E-state index is 13.0. The first-order valence-electron chi connectivity index (χ1n) is 12.4. The van der Waals surface area contributed by atoms with Crippen LogP contribution in [0.3, 0.4) is 0 Å². The SMILES string of the molecule is CC(C)C[C@H](NC(=O)[C@@H]1O[C@H]1C(=O)NCCc1ccc(O)cc1)C(=O)N[C@@H](Cc1ccc(O)cc1)C(N)=O. The summed E-state index contributed by atoms with van der Waals surface area (Å²) in [4.78, 5) is 50.1. The molecule has 1 aliphatic heterocycles. The molecule has 0 aliphatic carbocycles. The number of aromatic hydroxyl groups is 2. The van der Waals surface area contributed by atoms with Gasteiger partial charge < -0.3 is 36.6 Å². The van der Waals surface area contributed by atoms with Crippen LogP contribution in [0.25, 0.3) is 0 Å². The molecule has 0 radical (unpaired) electrons. The number of nitrogens with one attached hydrogen (secondary N) is 3. The van der Waals surface area contributed by atoms with Crippen molar-refractivity contribution in [2.24, 2.45) is 11.7 Å². The van der Waals surface area contributed by atoms with Crippen LogP contribution in [0.4, 0.5) is 0 Å². The number of benzene rings is 2. The van der Waals surface area contributed by atoms with E-state index in [1.807, 2.05) is 13.8 Å². The van der Waals surface area contributed by atoms with Gasteiger partial charge in [0.25, 0.3) is 11.8 Å². The normalized spacial score (nSPS) is 17.8. The minimum atomic E-state index is -1.03. The number of amides is 4. The average molecular weight is 527 g/mol. The van der Waals surface area contributed by atoms with Crippen molar-refractivity contribution < 1.29 is 34.1 Å². The summed E-state index contributed by atoms with van der Waals surface area (Å²) >= 11 is 0. The van der Waals surface area contributed by atoms with Crippen molar-refractivity contribution in [3.05, 3.63) is 59.7 Å². The van der Waals surface area contributed by atoms with Crippen LogP contribution in [0.1, 0.15) is 31.4 Å². The summed E-state index contributed by atoms with van der Waals surface area (Å²) in [5.41, 5.74) is 7.10. The van der Waals surface area contributed by atoms with E-state index in [0.29, 0.717) is 24.9 Å². The van der Waals surface area contributed by atoms with E-state index in [4.69, 9.17) is 10.5 Å². The summed E-state index contributed by atoms with van der Waals surface area (Å²) in [6, 6.07) is 10.8. The first-order valence-corrected chi connectivity index (χ1v) is 12.4. The van der Waals surface area contributed by atoms with E-state index in [1.54, 1.807) is 36.4 Å². The van der Waals surface area contributed by atoms with Gasteiger partial charge in [-0.05, 0) is 54.2 Å². The van der Waals surface area contributed by atoms with Gasteiger partial charge in [-0.15, -0.1) is 0 Å². The third kappa shape index (κ3) is 8.48. The second kappa shape index (κ2) is 12.9. The maximum Gasteiger partial charge on any atom is 0.253 e. The lowest BCUT2D eigenvalue weighted by atomic mass is 10.0. The van der Waals surface area contributed by atoms with Gasteiger partial charge in [0.15, 0.2) is 12.2 Å². The lowest BCUT2D eigenvalue weighted by Gasteiger charge is -2.23. The molecule has 0 bridgehead atoms. The summed E-state index contributed by atoms with van der Waals surface area (Å²) in [6.45, 7) is 4.09. The number of carbonyl (C=O) groups excluding carboxylic acids is 4. The van der Waals surface area contributed by atoms with E-state index in [9.17, 15) is 29.4 Å². The van der Waals surface area contributed by atoms with Crippen LogP contribution >= 0.6 is 0 Å². The molecule has 0 spiro atoms. The molecule has 11 heteroatoms. The Morgan fingerprint density at radius 3 is 1.95 bits per heavy atom. The number of nitrogens with two attached hydrogens (primary N) is 1. The third-order valence-electron chi connectivity index (χ3n) is 6.03. The van der Waals surface area contributed by atoms with E-state index in [0.717, 1.165) is 5.56 Å². The molecule has 1 heterocycles. The predicted molar refractivity (Wildman–Crippen MR) is 138 cm³/mol. The quantitative estimate of drug-likeness (QED) is 0.202. The number of primary amides is 1. The van der Waals surface area contributed by atoms with E-state index in [-0.39, 0.29) is 23.8 Å². The number of ether oxygens (including phenoxy) is 1. The molecule has 0 unspecified atom stereocenters. The Hall–Kier alpha value is -4.12. The zero-order valence-electron chi connectivity index (χ0n) is 21.3. The third-order valence-corrected chi connectivity index (χ3v) is 6.03. The van der Waals surface area contributed by atoms with Gasteiger partial charge in [0, 0.05) is 13.0 Å². The Bertz CT molecular complexity index is 1140. The highest BCUT2D eigenvalue weighted by Gasteiger charge is 2.50. The summed E-state index contributed by atoms with van der Waals surface area (Å²) < 4.78 is 5.27. The van der Waals surface area contributed by atoms with Crippen molar-refractivity contribution in [1.82, 2.24) is 16.0 Å². The van der Waals surface area contributed by atoms with Crippen molar-refractivity contribution in [2.45, 2.75) is 57.4 Å². The molecule has 4 atom stereocenters. The number of hydrogen-bond donors (Lipinski definition) is 6. The van der Waals surface area contributed by atoms with Gasteiger partial charge in [-0.1, -0.05) is 38.1 Å². The van der Waals surface area contributed by atoms with Crippen LogP contribution in [-0.4, -0.2) is 64.7 Å². The fraction of sp³-hybridized carbons (Fsp3) is 0.407. The second-order valence-electron chi connectivity index (χ2n) is 9.71. The van der Waals surface area contributed by atoms with Crippen LogP contribution in [-0.2, 0) is 36.8 Å². The van der Waals surface area contributed by atoms with Crippen molar-refractivity contribution in [1.29, 1.82) is 0 Å². The van der Waals surface area contributed by atoms with Crippen molar-refractivity contribution in [3.63, 3.8) is 0 Å². The molecule has 2 aromatic carbocycles. The van der Waals surface area contributed by atoms with Crippen LogP contribution in [0.5, 0.6) is 11.5 Å². The maximum atomic E-state index is 13.0. The molecule has 7 N–H and O–H groups in total. The van der Waals surface area contributed by atoms with Gasteiger partial charge in [-0.3, -0.25) is 19.2 Å². The molecule has 38 heavy (non-hydrogen) atoms. The zero-order valence-corrected chi connectivity index (χ0v) is 21.3. The largest absolute Gasteiger partial charge is 0.508 e. The van der Waals surface area contributed by atoms with Gasteiger partial charge in [-0.25, -0.2) is 0 Å². The molecule has 3 rings (SSSR count). The van der Waals surface area contributed by atoms with E-state index in [1.165, 1.54) is 12.1 Å². The zero-order chi connectivity index (χ0) is 27.8. The molecule has 0 saturated carbocycles. The fourth-order valence-electron chi connectivity index (χ4n) is 3.92. The Kier molecular flexibility index (Phi) is 9.66. The monoisotopic (exact) mass is 526 g/mol. The second-order valence-corrected chi connectivity index (χ2v) is 9.71. The Morgan fingerprint density at radius 2 is 1.39 bits per heavy atom.